The highest BCUT2D eigenvalue weighted by Gasteiger charge is 2.42. The first-order valence-electron chi connectivity index (χ1n) is 5.49. The van der Waals surface area contributed by atoms with Gasteiger partial charge in [-0.1, -0.05) is 0 Å². The highest BCUT2D eigenvalue weighted by molar-refractivity contribution is 5.90. The van der Waals surface area contributed by atoms with E-state index in [-0.39, 0.29) is 17.4 Å². The molecule has 1 aliphatic heterocycles. The molecule has 6 nitrogen and oxygen atoms in total. The zero-order valence-corrected chi connectivity index (χ0v) is 10.1. The lowest BCUT2D eigenvalue weighted by atomic mass is 10.1. The van der Waals surface area contributed by atoms with Crippen LogP contribution in [-0.4, -0.2) is 29.2 Å². The molecular weight excluding hydrogens is 238 g/mol. The highest BCUT2D eigenvalue weighted by atomic mass is 16.6. The van der Waals surface area contributed by atoms with Crippen LogP contribution in [0.25, 0.3) is 0 Å². The van der Waals surface area contributed by atoms with Crippen molar-refractivity contribution in [3.05, 3.63) is 39.9 Å². The average Bonchev–Trinajstić information content (AvgIpc) is 3.12. The molecular formula is C12H13NO5. The van der Waals surface area contributed by atoms with Crippen molar-refractivity contribution in [3.63, 3.8) is 0 Å². The summed E-state index contributed by atoms with van der Waals surface area (Å²) in [7, 11) is 0. The molecule has 1 saturated heterocycles. The van der Waals surface area contributed by atoms with Crippen LogP contribution >= 0.6 is 0 Å². The summed E-state index contributed by atoms with van der Waals surface area (Å²) in [5.41, 5.74) is -0.454. The van der Waals surface area contributed by atoms with Crippen molar-refractivity contribution in [2.24, 2.45) is 0 Å². The monoisotopic (exact) mass is 251 g/mol. The normalized spacial score (nSPS) is 18.2. The number of carbonyl (C=O) groups is 1. The summed E-state index contributed by atoms with van der Waals surface area (Å²) in [6.07, 6.45) is -0.0699. The van der Waals surface area contributed by atoms with Gasteiger partial charge in [-0.15, -0.1) is 0 Å². The number of nitro groups is 1. The van der Waals surface area contributed by atoms with Gasteiger partial charge in [0, 0.05) is 12.1 Å². The molecule has 0 aromatic heterocycles. The second-order valence-electron chi connectivity index (χ2n) is 4.62. The molecule has 1 unspecified atom stereocenters. The molecule has 1 atom stereocenters. The number of hydrogen-bond acceptors (Lipinski definition) is 5. The molecule has 1 heterocycles. The summed E-state index contributed by atoms with van der Waals surface area (Å²) in [6, 6.07) is 5.31. The summed E-state index contributed by atoms with van der Waals surface area (Å²) in [6.45, 7) is 4.13. The van der Waals surface area contributed by atoms with Gasteiger partial charge in [0.15, 0.2) is 0 Å². The number of non-ortho nitro benzene ring substituents is 1. The van der Waals surface area contributed by atoms with E-state index in [0.29, 0.717) is 6.61 Å². The van der Waals surface area contributed by atoms with Crippen LogP contribution in [0, 0.1) is 10.1 Å². The molecule has 1 aromatic carbocycles. The largest absolute Gasteiger partial charge is 0.453 e. The van der Waals surface area contributed by atoms with Crippen molar-refractivity contribution in [2.45, 2.75) is 25.6 Å². The Morgan fingerprint density at radius 1 is 1.44 bits per heavy atom. The summed E-state index contributed by atoms with van der Waals surface area (Å²) in [4.78, 5) is 21.8. The highest BCUT2D eigenvalue weighted by Crippen LogP contribution is 2.28. The van der Waals surface area contributed by atoms with E-state index >= 15 is 0 Å². The predicted octanol–water partition coefficient (Wildman–Crippen LogP) is 1.93. The molecule has 6 heteroatoms. The number of hydrogen-bond donors (Lipinski definition) is 0. The van der Waals surface area contributed by atoms with Crippen molar-refractivity contribution < 1.29 is 19.2 Å². The number of rotatable bonds is 4. The molecule has 1 aliphatic rings. The predicted molar refractivity (Wildman–Crippen MR) is 62.3 cm³/mol. The minimum absolute atomic E-state index is 0.0589. The van der Waals surface area contributed by atoms with Gasteiger partial charge in [-0.05, 0) is 26.0 Å². The van der Waals surface area contributed by atoms with E-state index in [2.05, 4.69) is 0 Å². The second-order valence-corrected chi connectivity index (χ2v) is 4.62. The van der Waals surface area contributed by atoms with E-state index in [9.17, 15) is 14.9 Å². The molecule has 0 saturated carbocycles. The van der Waals surface area contributed by atoms with Gasteiger partial charge in [0.25, 0.3) is 5.69 Å². The van der Waals surface area contributed by atoms with Crippen molar-refractivity contribution in [3.8, 4) is 0 Å². The molecule has 1 fully saturated rings. The zero-order valence-electron chi connectivity index (χ0n) is 10.1. The maximum atomic E-state index is 11.8. The fourth-order valence-electron chi connectivity index (χ4n) is 1.53. The Morgan fingerprint density at radius 2 is 2.00 bits per heavy atom. The summed E-state index contributed by atoms with van der Waals surface area (Å²) in [5.74, 6) is -0.509. The quantitative estimate of drug-likeness (QED) is 0.353. The van der Waals surface area contributed by atoms with Gasteiger partial charge in [0.2, 0.25) is 0 Å². The van der Waals surface area contributed by atoms with Gasteiger partial charge in [-0.3, -0.25) is 10.1 Å². The molecule has 2 rings (SSSR count). The first-order chi connectivity index (χ1) is 8.40. The SMILES string of the molecule is CC(C)(OC(=O)c1ccc([N+](=O)[O-])cc1)C1CO1. The average molecular weight is 251 g/mol. The minimum Gasteiger partial charge on any atom is -0.453 e. The van der Waals surface area contributed by atoms with E-state index in [4.69, 9.17) is 9.47 Å². The third-order valence-corrected chi connectivity index (χ3v) is 2.78. The van der Waals surface area contributed by atoms with Crippen LogP contribution in [0.1, 0.15) is 24.2 Å². The molecule has 1 aromatic rings. The minimum atomic E-state index is -0.682. The molecule has 0 spiro atoms. The fraction of sp³-hybridized carbons (Fsp3) is 0.417. The van der Waals surface area contributed by atoms with E-state index in [1.54, 1.807) is 13.8 Å². The smallest absolute Gasteiger partial charge is 0.338 e. The van der Waals surface area contributed by atoms with Crippen LogP contribution in [-0.2, 0) is 9.47 Å². The summed E-state index contributed by atoms with van der Waals surface area (Å²) in [5, 5.41) is 10.5. The van der Waals surface area contributed by atoms with Crippen molar-refractivity contribution >= 4 is 11.7 Å². The maximum Gasteiger partial charge on any atom is 0.338 e. The molecule has 0 radical (unpaired) electrons. The van der Waals surface area contributed by atoms with Crippen LogP contribution in [0.4, 0.5) is 5.69 Å². The second kappa shape index (κ2) is 4.38. The molecule has 18 heavy (non-hydrogen) atoms. The van der Waals surface area contributed by atoms with Crippen LogP contribution in [0.15, 0.2) is 24.3 Å². The first-order valence-corrected chi connectivity index (χ1v) is 5.49. The van der Waals surface area contributed by atoms with Gasteiger partial charge in [0.05, 0.1) is 17.1 Å². The molecule has 96 valence electrons. The third kappa shape index (κ3) is 2.65. The Hall–Kier alpha value is -1.95. The molecule has 0 N–H and O–H groups in total. The fourth-order valence-corrected chi connectivity index (χ4v) is 1.53. The van der Waals surface area contributed by atoms with Gasteiger partial charge in [0.1, 0.15) is 11.7 Å². The summed E-state index contributed by atoms with van der Waals surface area (Å²) < 4.78 is 10.4. The number of epoxide rings is 1. The van der Waals surface area contributed by atoms with Gasteiger partial charge >= 0.3 is 5.97 Å². The molecule has 0 bridgehead atoms. The Labute approximate surface area is 104 Å². The van der Waals surface area contributed by atoms with Gasteiger partial charge in [-0.2, -0.15) is 0 Å². The van der Waals surface area contributed by atoms with Crippen molar-refractivity contribution in [1.29, 1.82) is 0 Å². The number of esters is 1. The lowest BCUT2D eigenvalue weighted by Crippen LogP contribution is -2.34. The Balaban J connectivity index is 2.06. The van der Waals surface area contributed by atoms with Crippen LogP contribution < -0.4 is 0 Å². The first kappa shape index (κ1) is 12.5. The number of nitro benzene ring substituents is 1. The van der Waals surface area contributed by atoms with Crippen LogP contribution in [0.5, 0.6) is 0 Å². The van der Waals surface area contributed by atoms with E-state index in [0.717, 1.165) is 0 Å². The lowest BCUT2D eigenvalue weighted by molar-refractivity contribution is -0.384. The molecule has 0 amide bonds. The van der Waals surface area contributed by atoms with Crippen molar-refractivity contribution in [2.75, 3.05) is 6.61 Å². The van der Waals surface area contributed by atoms with Gasteiger partial charge < -0.3 is 9.47 Å². The Bertz CT molecular complexity index is 476. The maximum absolute atomic E-state index is 11.8. The van der Waals surface area contributed by atoms with E-state index in [1.807, 2.05) is 0 Å². The number of nitrogens with zero attached hydrogens (tertiary/aromatic N) is 1. The lowest BCUT2D eigenvalue weighted by Gasteiger charge is -2.22. The standard InChI is InChI=1S/C12H13NO5/c1-12(2,10-7-17-10)18-11(14)8-3-5-9(6-4-8)13(15)16/h3-6,10H,7H2,1-2H3. The van der Waals surface area contributed by atoms with Crippen LogP contribution in [0.3, 0.4) is 0 Å². The Morgan fingerprint density at radius 3 is 2.44 bits per heavy atom. The summed E-state index contributed by atoms with van der Waals surface area (Å²) >= 11 is 0. The zero-order chi connectivity index (χ0) is 13.3. The number of carbonyl (C=O) groups excluding carboxylic acids is 1. The van der Waals surface area contributed by atoms with Crippen molar-refractivity contribution in [1.82, 2.24) is 0 Å². The van der Waals surface area contributed by atoms with E-state index in [1.165, 1.54) is 24.3 Å². The Kier molecular flexibility index (Phi) is 3.04. The molecule has 0 aliphatic carbocycles. The topological polar surface area (TPSA) is 82.0 Å². The van der Waals surface area contributed by atoms with E-state index < -0.39 is 16.5 Å². The van der Waals surface area contributed by atoms with Crippen LogP contribution in [0.2, 0.25) is 0 Å². The van der Waals surface area contributed by atoms with Gasteiger partial charge in [-0.25, -0.2) is 4.79 Å². The third-order valence-electron chi connectivity index (χ3n) is 2.78. The number of benzene rings is 1. The number of ether oxygens (including phenoxy) is 2.